The highest BCUT2D eigenvalue weighted by atomic mass is 16.5. The van der Waals surface area contributed by atoms with E-state index in [4.69, 9.17) is 14.2 Å². The standard InChI is InChI=1S/C17H21NO7/c1-23-12-8-10(9-13(24-2)15(12)25-3)14(19)16(20)18-7-5-4-6-11(18)17(21)22/h8-9,11H,4-7H2,1-3H3,(H,21,22)/t11-/m0/s1. The van der Waals surface area contributed by atoms with Crippen LogP contribution >= 0.6 is 0 Å². The van der Waals surface area contributed by atoms with E-state index in [1.165, 1.54) is 33.5 Å². The molecule has 8 nitrogen and oxygen atoms in total. The van der Waals surface area contributed by atoms with E-state index < -0.39 is 23.7 Å². The van der Waals surface area contributed by atoms with Crippen LogP contribution in [0.1, 0.15) is 29.6 Å². The van der Waals surface area contributed by atoms with Gasteiger partial charge in [-0.1, -0.05) is 0 Å². The molecule has 1 N–H and O–H groups in total. The number of carbonyl (C=O) groups excluding carboxylic acids is 2. The fourth-order valence-corrected chi connectivity index (χ4v) is 2.90. The van der Waals surface area contributed by atoms with Crippen LogP contribution in [-0.4, -0.2) is 61.6 Å². The average Bonchev–Trinajstić information content (AvgIpc) is 2.65. The summed E-state index contributed by atoms with van der Waals surface area (Å²) >= 11 is 0. The van der Waals surface area contributed by atoms with Crippen molar-refractivity contribution in [2.45, 2.75) is 25.3 Å². The second-order valence-electron chi connectivity index (χ2n) is 5.59. The Kier molecular flexibility index (Phi) is 5.84. The van der Waals surface area contributed by atoms with Gasteiger partial charge in [0.2, 0.25) is 5.75 Å². The molecule has 8 heteroatoms. The number of nitrogens with zero attached hydrogens (tertiary/aromatic N) is 1. The molecular weight excluding hydrogens is 330 g/mol. The van der Waals surface area contributed by atoms with Crippen LogP contribution in [0.2, 0.25) is 0 Å². The van der Waals surface area contributed by atoms with Gasteiger partial charge in [-0.3, -0.25) is 9.59 Å². The summed E-state index contributed by atoms with van der Waals surface area (Å²) in [5.74, 6) is -1.98. The Labute approximate surface area is 145 Å². The van der Waals surface area contributed by atoms with E-state index in [2.05, 4.69) is 0 Å². The minimum Gasteiger partial charge on any atom is -0.493 e. The number of likely N-dealkylation sites (tertiary alicyclic amines) is 1. The second-order valence-corrected chi connectivity index (χ2v) is 5.59. The van der Waals surface area contributed by atoms with Gasteiger partial charge in [-0.05, 0) is 31.4 Å². The predicted molar refractivity (Wildman–Crippen MR) is 87.4 cm³/mol. The lowest BCUT2D eigenvalue weighted by atomic mass is 10.00. The van der Waals surface area contributed by atoms with Gasteiger partial charge < -0.3 is 24.2 Å². The van der Waals surface area contributed by atoms with E-state index in [-0.39, 0.29) is 23.6 Å². The van der Waals surface area contributed by atoms with Gasteiger partial charge in [0.1, 0.15) is 6.04 Å². The maximum absolute atomic E-state index is 12.6. The Morgan fingerprint density at radius 3 is 2.12 bits per heavy atom. The molecule has 0 bridgehead atoms. The van der Waals surface area contributed by atoms with Gasteiger partial charge >= 0.3 is 5.97 Å². The molecule has 1 aromatic carbocycles. The number of hydrogen-bond donors (Lipinski definition) is 1. The van der Waals surface area contributed by atoms with E-state index in [1.54, 1.807) is 0 Å². The first-order valence-corrected chi connectivity index (χ1v) is 7.82. The fraction of sp³-hybridized carbons (Fsp3) is 0.471. The normalized spacial score (nSPS) is 16.9. The maximum Gasteiger partial charge on any atom is 0.326 e. The number of carbonyl (C=O) groups is 3. The molecule has 1 atom stereocenters. The Balaban J connectivity index is 2.36. The van der Waals surface area contributed by atoms with Crippen molar-refractivity contribution in [2.75, 3.05) is 27.9 Å². The number of ether oxygens (including phenoxy) is 3. The molecule has 1 saturated heterocycles. The number of Topliss-reactive ketones (excluding diaryl/α,β-unsaturated/α-hetero) is 1. The molecule has 25 heavy (non-hydrogen) atoms. The number of aliphatic carboxylic acids is 1. The first-order chi connectivity index (χ1) is 11.9. The molecule has 136 valence electrons. The summed E-state index contributed by atoms with van der Waals surface area (Å²) in [6, 6.07) is 1.77. The van der Waals surface area contributed by atoms with Gasteiger partial charge in [-0.25, -0.2) is 4.79 Å². The highest BCUT2D eigenvalue weighted by Crippen LogP contribution is 2.38. The van der Waals surface area contributed by atoms with Crippen molar-refractivity contribution in [1.29, 1.82) is 0 Å². The third kappa shape index (κ3) is 3.67. The number of carboxylic acid groups (broad SMARTS) is 1. The summed E-state index contributed by atoms with van der Waals surface area (Å²) < 4.78 is 15.5. The highest BCUT2D eigenvalue weighted by molar-refractivity contribution is 6.43. The monoisotopic (exact) mass is 351 g/mol. The van der Waals surface area contributed by atoms with Crippen molar-refractivity contribution in [3.8, 4) is 17.2 Å². The number of methoxy groups -OCH3 is 3. The number of rotatable bonds is 6. The molecule has 2 rings (SSSR count). The van der Waals surface area contributed by atoms with Crippen LogP contribution < -0.4 is 14.2 Å². The van der Waals surface area contributed by atoms with E-state index >= 15 is 0 Å². The molecule has 1 heterocycles. The number of ketones is 1. The molecule has 0 aromatic heterocycles. The van der Waals surface area contributed by atoms with Crippen molar-refractivity contribution < 1.29 is 33.7 Å². The largest absolute Gasteiger partial charge is 0.493 e. The predicted octanol–water partition coefficient (Wildman–Crippen LogP) is 1.36. The third-order valence-corrected chi connectivity index (χ3v) is 4.17. The van der Waals surface area contributed by atoms with E-state index in [1.807, 2.05) is 0 Å². The van der Waals surface area contributed by atoms with Crippen LogP contribution in [0.15, 0.2) is 12.1 Å². The summed E-state index contributed by atoms with van der Waals surface area (Å²) in [5, 5.41) is 9.28. The van der Waals surface area contributed by atoms with Crippen molar-refractivity contribution in [3.63, 3.8) is 0 Å². The minimum atomic E-state index is -1.11. The smallest absolute Gasteiger partial charge is 0.326 e. The van der Waals surface area contributed by atoms with Crippen molar-refractivity contribution >= 4 is 17.7 Å². The molecule has 0 aliphatic carbocycles. The van der Waals surface area contributed by atoms with E-state index in [9.17, 15) is 19.5 Å². The average molecular weight is 351 g/mol. The zero-order chi connectivity index (χ0) is 18.6. The van der Waals surface area contributed by atoms with Crippen LogP contribution in [0.3, 0.4) is 0 Å². The van der Waals surface area contributed by atoms with Crippen molar-refractivity contribution in [2.24, 2.45) is 0 Å². The molecule has 1 aliphatic rings. The van der Waals surface area contributed by atoms with Crippen LogP contribution in [0.25, 0.3) is 0 Å². The lowest BCUT2D eigenvalue weighted by molar-refractivity contribution is -0.150. The summed E-state index contributed by atoms with van der Waals surface area (Å²) in [6.45, 7) is 0.242. The van der Waals surface area contributed by atoms with Crippen molar-refractivity contribution in [3.05, 3.63) is 17.7 Å². The summed E-state index contributed by atoms with van der Waals surface area (Å²) in [6.07, 6.45) is 1.71. The fourth-order valence-electron chi connectivity index (χ4n) is 2.90. The number of amides is 1. The molecule has 1 fully saturated rings. The van der Waals surface area contributed by atoms with Gasteiger partial charge in [0, 0.05) is 12.1 Å². The third-order valence-electron chi connectivity index (χ3n) is 4.17. The van der Waals surface area contributed by atoms with Crippen LogP contribution in [-0.2, 0) is 9.59 Å². The number of carboxylic acids is 1. The SMILES string of the molecule is COc1cc(C(=O)C(=O)N2CCCC[C@H]2C(=O)O)cc(OC)c1OC. The van der Waals surface area contributed by atoms with E-state index in [0.29, 0.717) is 25.0 Å². The van der Waals surface area contributed by atoms with Crippen LogP contribution in [0, 0.1) is 0 Å². The second kappa shape index (κ2) is 7.87. The molecule has 1 amide bonds. The Morgan fingerprint density at radius 2 is 1.64 bits per heavy atom. The zero-order valence-corrected chi connectivity index (χ0v) is 14.4. The number of hydrogen-bond acceptors (Lipinski definition) is 6. The topological polar surface area (TPSA) is 102 Å². The van der Waals surface area contributed by atoms with E-state index in [0.717, 1.165) is 4.90 Å². The quantitative estimate of drug-likeness (QED) is 0.610. The van der Waals surface area contributed by atoms with Crippen LogP contribution in [0.5, 0.6) is 17.2 Å². The summed E-state index contributed by atoms with van der Waals surface area (Å²) in [7, 11) is 4.23. The van der Waals surface area contributed by atoms with Crippen LogP contribution in [0.4, 0.5) is 0 Å². The molecule has 0 saturated carbocycles. The number of benzene rings is 1. The van der Waals surface area contributed by atoms with Gasteiger partial charge in [-0.15, -0.1) is 0 Å². The first-order valence-electron chi connectivity index (χ1n) is 7.82. The van der Waals surface area contributed by atoms with Gasteiger partial charge in [-0.2, -0.15) is 0 Å². The first kappa shape index (κ1) is 18.6. The zero-order valence-electron chi connectivity index (χ0n) is 14.4. The summed E-state index contributed by atoms with van der Waals surface area (Å²) in [4.78, 5) is 37.7. The Morgan fingerprint density at radius 1 is 1.04 bits per heavy atom. The lowest BCUT2D eigenvalue weighted by Gasteiger charge is -2.32. The molecule has 0 unspecified atom stereocenters. The number of piperidine rings is 1. The molecule has 1 aromatic rings. The van der Waals surface area contributed by atoms with Gasteiger partial charge in [0.05, 0.1) is 21.3 Å². The molecular formula is C17H21NO7. The van der Waals surface area contributed by atoms with Crippen molar-refractivity contribution in [1.82, 2.24) is 4.90 Å². The minimum absolute atomic E-state index is 0.0502. The Hall–Kier alpha value is -2.77. The molecule has 0 spiro atoms. The lowest BCUT2D eigenvalue weighted by Crippen LogP contribution is -2.50. The molecule has 0 radical (unpaired) electrons. The Bertz CT molecular complexity index is 661. The summed E-state index contributed by atoms with van der Waals surface area (Å²) in [5.41, 5.74) is 0.0502. The maximum atomic E-state index is 12.6. The van der Waals surface area contributed by atoms with Gasteiger partial charge in [0.25, 0.3) is 11.7 Å². The molecule has 1 aliphatic heterocycles. The highest BCUT2D eigenvalue weighted by Gasteiger charge is 2.35. The van der Waals surface area contributed by atoms with Gasteiger partial charge in [0.15, 0.2) is 11.5 Å².